The largest absolute Gasteiger partial charge is 0.493 e. The highest BCUT2D eigenvalue weighted by atomic mass is 31.2. The first-order chi connectivity index (χ1) is 16.4. The molecule has 0 heterocycles. The van der Waals surface area contributed by atoms with Crippen molar-refractivity contribution < 1.29 is 23.3 Å². The van der Waals surface area contributed by atoms with E-state index in [0.717, 1.165) is 11.4 Å². The molecule has 0 fully saturated rings. The van der Waals surface area contributed by atoms with Crippen LogP contribution in [0.2, 0.25) is 0 Å². The van der Waals surface area contributed by atoms with Crippen LogP contribution < -0.4 is 29.7 Å². The average molecular weight is 485 g/mol. The lowest BCUT2D eigenvalue weighted by Gasteiger charge is -2.30. The lowest BCUT2D eigenvalue weighted by Crippen LogP contribution is -2.21. The second-order valence-corrected chi connectivity index (χ2v) is 10.3. The minimum absolute atomic E-state index is 0.282. The van der Waals surface area contributed by atoms with Gasteiger partial charge in [0.2, 0.25) is 5.75 Å². The Kier molecular flexibility index (Phi) is 8.48. The Morgan fingerprint density at radius 2 is 1.47 bits per heavy atom. The van der Waals surface area contributed by atoms with Crippen molar-refractivity contribution in [3.8, 4) is 17.2 Å². The molecule has 0 spiro atoms. The summed E-state index contributed by atoms with van der Waals surface area (Å²) in [4.78, 5) is 1.99. The molecule has 3 aromatic carbocycles. The fourth-order valence-electron chi connectivity index (χ4n) is 3.76. The molecule has 3 aromatic rings. The molecule has 0 bridgehead atoms. The summed E-state index contributed by atoms with van der Waals surface area (Å²) in [6, 6.07) is 20.9. The molecule has 0 radical (unpaired) electrons. The fraction of sp³-hybridized carbons (Fsp3) is 0.308. The van der Waals surface area contributed by atoms with E-state index in [1.807, 2.05) is 92.6 Å². The molecule has 0 aliphatic heterocycles. The average Bonchev–Trinajstić information content (AvgIpc) is 2.87. The van der Waals surface area contributed by atoms with Gasteiger partial charge >= 0.3 is 0 Å². The molecule has 0 aromatic heterocycles. The molecular weight excluding hydrogens is 451 g/mol. The number of nitrogens with one attached hydrogen (secondary N) is 1. The highest BCUT2D eigenvalue weighted by molar-refractivity contribution is 7.67. The van der Waals surface area contributed by atoms with Crippen LogP contribution in [0.15, 0.2) is 66.7 Å². The summed E-state index contributed by atoms with van der Waals surface area (Å²) in [5, 5.41) is 4.06. The minimum Gasteiger partial charge on any atom is -0.493 e. The van der Waals surface area contributed by atoms with Crippen LogP contribution in [0.1, 0.15) is 18.3 Å². The zero-order chi connectivity index (χ0) is 24.7. The van der Waals surface area contributed by atoms with Crippen molar-refractivity contribution in [2.45, 2.75) is 12.7 Å². The van der Waals surface area contributed by atoms with Gasteiger partial charge in [0.1, 0.15) is 5.78 Å². The van der Waals surface area contributed by atoms with Gasteiger partial charge < -0.3 is 29.0 Å². The van der Waals surface area contributed by atoms with Crippen molar-refractivity contribution in [3.05, 3.63) is 72.3 Å². The third-order valence-electron chi connectivity index (χ3n) is 5.47. The summed E-state index contributed by atoms with van der Waals surface area (Å²) >= 11 is 0. The van der Waals surface area contributed by atoms with Crippen molar-refractivity contribution in [1.82, 2.24) is 0 Å². The number of hydrogen-bond donors (Lipinski definition) is 1. The molecule has 0 amide bonds. The Balaban J connectivity index is 2.22. The van der Waals surface area contributed by atoms with Crippen LogP contribution in [0, 0.1) is 0 Å². The van der Waals surface area contributed by atoms with Crippen LogP contribution in [0.5, 0.6) is 17.2 Å². The van der Waals surface area contributed by atoms with Gasteiger partial charge in [-0.25, -0.2) is 0 Å². The van der Waals surface area contributed by atoms with Crippen molar-refractivity contribution in [2.75, 3.05) is 52.2 Å². The summed E-state index contributed by atoms with van der Waals surface area (Å²) in [6.07, 6.45) is 0. The summed E-state index contributed by atoms with van der Waals surface area (Å²) in [5.41, 5.74) is 2.50. The van der Waals surface area contributed by atoms with Gasteiger partial charge in [-0.2, -0.15) is 0 Å². The number of hydrogen-bond acceptors (Lipinski definition) is 7. The predicted octanol–water partition coefficient (Wildman–Crippen LogP) is 5.53. The Labute approximate surface area is 202 Å². The van der Waals surface area contributed by atoms with E-state index in [0.29, 0.717) is 28.1 Å². The van der Waals surface area contributed by atoms with Crippen LogP contribution >= 0.6 is 7.37 Å². The molecule has 0 saturated heterocycles. The third kappa shape index (κ3) is 5.32. The number of anilines is 2. The maximum absolute atomic E-state index is 14.7. The Morgan fingerprint density at radius 3 is 1.94 bits per heavy atom. The van der Waals surface area contributed by atoms with E-state index in [4.69, 9.17) is 18.7 Å². The van der Waals surface area contributed by atoms with Crippen LogP contribution in [0.3, 0.4) is 0 Å². The summed E-state index contributed by atoms with van der Waals surface area (Å²) in [7, 11) is 5.11. The standard InChI is InChI=1S/C26H33N2O5P/c1-7-33-34(29,22-15-13-21(14-16-22)28(2)3)26(27-20-11-9-8-10-12-20)19-17-23(30-4)25(32-6)24(18-19)31-5/h8-18,26-27H,7H2,1-6H3/t26-,34-/m0/s1. The van der Waals surface area contributed by atoms with Gasteiger partial charge in [0.05, 0.1) is 27.9 Å². The van der Waals surface area contributed by atoms with Crippen LogP contribution in [-0.2, 0) is 9.09 Å². The summed E-state index contributed by atoms with van der Waals surface area (Å²) in [6.45, 7) is 2.12. The Morgan fingerprint density at radius 1 is 0.882 bits per heavy atom. The molecule has 0 aliphatic carbocycles. The van der Waals surface area contributed by atoms with E-state index < -0.39 is 13.2 Å². The first-order valence-electron chi connectivity index (χ1n) is 11.0. The fourth-order valence-corrected chi connectivity index (χ4v) is 6.17. The van der Waals surface area contributed by atoms with E-state index in [9.17, 15) is 4.57 Å². The number of rotatable bonds is 11. The molecule has 34 heavy (non-hydrogen) atoms. The maximum atomic E-state index is 14.7. The lowest BCUT2D eigenvalue weighted by molar-refractivity contribution is 0.322. The number of benzene rings is 3. The smallest absolute Gasteiger partial charge is 0.258 e. The summed E-state index contributed by atoms with van der Waals surface area (Å²) < 4.78 is 37.5. The number of methoxy groups -OCH3 is 3. The third-order valence-corrected chi connectivity index (χ3v) is 8.23. The van der Waals surface area contributed by atoms with Crippen LogP contribution in [0.4, 0.5) is 11.4 Å². The molecule has 0 unspecified atom stereocenters. The van der Waals surface area contributed by atoms with Gasteiger partial charge in [0.15, 0.2) is 11.5 Å². The molecule has 0 saturated carbocycles. The SMILES string of the molecule is CCO[P@@](=O)(c1ccc(N(C)C)cc1)[C@H](Nc1ccccc1)c1cc(OC)c(OC)c(OC)c1. The first kappa shape index (κ1) is 25.5. The number of nitrogens with zero attached hydrogens (tertiary/aromatic N) is 1. The number of ether oxygens (including phenoxy) is 3. The summed E-state index contributed by atoms with van der Waals surface area (Å²) in [5.74, 6) is 0.702. The molecule has 8 heteroatoms. The molecule has 7 nitrogen and oxygen atoms in total. The van der Waals surface area contributed by atoms with Gasteiger partial charge in [-0.3, -0.25) is 4.57 Å². The second-order valence-electron chi connectivity index (χ2n) is 7.80. The van der Waals surface area contributed by atoms with Crippen molar-refractivity contribution in [2.24, 2.45) is 0 Å². The predicted molar refractivity (Wildman–Crippen MR) is 139 cm³/mol. The second kappa shape index (κ2) is 11.3. The molecule has 3 rings (SSSR count). The molecule has 2 atom stereocenters. The van der Waals surface area contributed by atoms with E-state index in [1.165, 1.54) is 0 Å². The van der Waals surface area contributed by atoms with Gasteiger partial charge in [0, 0.05) is 30.8 Å². The normalized spacial score (nSPS) is 13.5. The van der Waals surface area contributed by atoms with Crippen LogP contribution in [-0.4, -0.2) is 42.0 Å². The van der Waals surface area contributed by atoms with Crippen LogP contribution in [0.25, 0.3) is 0 Å². The van der Waals surface area contributed by atoms with E-state index in [-0.39, 0.29) is 6.61 Å². The zero-order valence-corrected chi connectivity index (χ0v) is 21.5. The molecule has 182 valence electrons. The van der Waals surface area contributed by atoms with Crippen molar-refractivity contribution in [1.29, 1.82) is 0 Å². The van der Waals surface area contributed by atoms with Gasteiger partial charge in [-0.05, 0) is 61.0 Å². The van der Waals surface area contributed by atoms with E-state index in [2.05, 4.69) is 5.32 Å². The highest BCUT2D eigenvalue weighted by Crippen LogP contribution is 2.60. The topological polar surface area (TPSA) is 69.3 Å². The van der Waals surface area contributed by atoms with E-state index >= 15 is 0 Å². The maximum Gasteiger partial charge on any atom is 0.258 e. The van der Waals surface area contributed by atoms with Crippen molar-refractivity contribution >= 4 is 24.0 Å². The van der Waals surface area contributed by atoms with Gasteiger partial charge in [-0.15, -0.1) is 0 Å². The lowest BCUT2D eigenvalue weighted by atomic mass is 10.1. The molecular formula is C26H33N2O5P. The highest BCUT2D eigenvalue weighted by Gasteiger charge is 2.38. The Hall–Kier alpha value is -3.15. The number of para-hydroxylation sites is 1. The van der Waals surface area contributed by atoms with Crippen molar-refractivity contribution in [3.63, 3.8) is 0 Å². The van der Waals surface area contributed by atoms with Gasteiger partial charge in [0.25, 0.3) is 7.37 Å². The zero-order valence-electron chi connectivity index (χ0n) is 20.6. The van der Waals surface area contributed by atoms with E-state index in [1.54, 1.807) is 21.3 Å². The van der Waals surface area contributed by atoms with Gasteiger partial charge in [-0.1, -0.05) is 18.2 Å². The quantitative estimate of drug-likeness (QED) is 0.359. The molecule has 0 aliphatic rings. The Bertz CT molecular complexity index is 1090. The molecule has 1 N–H and O–H groups in total. The monoisotopic (exact) mass is 484 g/mol. The minimum atomic E-state index is -3.49. The first-order valence-corrected chi connectivity index (χ1v) is 12.7.